The van der Waals surface area contributed by atoms with Gasteiger partial charge in [-0.3, -0.25) is 0 Å². The Balaban J connectivity index is 1.55. The maximum absolute atomic E-state index is 5.31. The lowest BCUT2D eigenvalue weighted by molar-refractivity contribution is 0.397. The first-order valence-corrected chi connectivity index (χ1v) is 6.62. The molecule has 0 aliphatic carbocycles. The van der Waals surface area contributed by atoms with Crippen molar-refractivity contribution in [3.05, 3.63) is 24.9 Å². The molecule has 3 rings (SSSR count). The third-order valence-corrected chi connectivity index (χ3v) is 3.39. The standard InChI is InChI=1S/C13H17N5O2/c1-19-12-8-11(15-9-16-12)17-10-2-5-18(6-3-10)13-14-4-7-20-13/h4,7-10H,2-3,5-6H2,1H3,(H,15,16,17). The smallest absolute Gasteiger partial charge is 0.297 e. The normalized spacial score (nSPS) is 16.1. The van der Waals surface area contributed by atoms with E-state index in [4.69, 9.17) is 9.15 Å². The lowest BCUT2D eigenvalue weighted by Crippen LogP contribution is -2.39. The summed E-state index contributed by atoms with van der Waals surface area (Å²) in [7, 11) is 1.60. The van der Waals surface area contributed by atoms with Crippen molar-refractivity contribution in [1.82, 2.24) is 15.0 Å². The summed E-state index contributed by atoms with van der Waals surface area (Å²) in [6.07, 6.45) is 6.80. The fraction of sp³-hybridized carbons (Fsp3) is 0.462. The van der Waals surface area contributed by atoms with E-state index < -0.39 is 0 Å². The molecule has 1 aliphatic heterocycles. The van der Waals surface area contributed by atoms with E-state index >= 15 is 0 Å². The van der Waals surface area contributed by atoms with Gasteiger partial charge in [0.15, 0.2) is 0 Å². The maximum Gasteiger partial charge on any atom is 0.297 e. The SMILES string of the molecule is COc1cc(NC2CCN(c3ncco3)CC2)ncn1. The molecule has 0 spiro atoms. The first-order valence-electron chi connectivity index (χ1n) is 6.62. The number of hydrogen-bond donors (Lipinski definition) is 1. The van der Waals surface area contributed by atoms with Gasteiger partial charge >= 0.3 is 0 Å². The van der Waals surface area contributed by atoms with E-state index in [1.807, 2.05) is 0 Å². The van der Waals surface area contributed by atoms with Crippen LogP contribution in [0.4, 0.5) is 11.8 Å². The van der Waals surface area contributed by atoms with Gasteiger partial charge in [-0.15, -0.1) is 0 Å². The van der Waals surface area contributed by atoms with E-state index in [0.717, 1.165) is 31.7 Å². The Hall–Kier alpha value is -2.31. The van der Waals surface area contributed by atoms with Gasteiger partial charge in [-0.2, -0.15) is 0 Å². The Morgan fingerprint density at radius 3 is 2.85 bits per heavy atom. The highest BCUT2D eigenvalue weighted by atomic mass is 16.5. The number of nitrogens with zero attached hydrogens (tertiary/aromatic N) is 4. The molecule has 0 saturated carbocycles. The third-order valence-electron chi connectivity index (χ3n) is 3.39. The second-order valence-corrected chi connectivity index (χ2v) is 4.67. The summed E-state index contributed by atoms with van der Waals surface area (Å²) < 4.78 is 10.4. The van der Waals surface area contributed by atoms with Crippen LogP contribution in [0.1, 0.15) is 12.8 Å². The zero-order valence-corrected chi connectivity index (χ0v) is 11.3. The van der Waals surface area contributed by atoms with Crippen LogP contribution in [0.2, 0.25) is 0 Å². The molecule has 2 aromatic rings. The van der Waals surface area contributed by atoms with Gasteiger partial charge in [0.2, 0.25) is 5.88 Å². The Kier molecular flexibility index (Phi) is 3.67. The van der Waals surface area contributed by atoms with Crippen LogP contribution >= 0.6 is 0 Å². The second-order valence-electron chi connectivity index (χ2n) is 4.67. The van der Waals surface area contributed by atoms with Crippen LogP contribution in [0.25, 0.3) is 0 Å². The first kappa shape index (κ1) is 12.7. The quantitative estimate of drug-likeness (QED) is 0.907. The molecule has 0 bridgehead atoms. The van der Waals surface area contributed by atoms with E-state index in [-0.39, 0.29) is 0 Å². The van der Waals surface area contributed by atoms with Crippen molar-refractivity contribution in [1.29, 1.82) is 0 Å². The van der Waals surface area contributed by atoms with E-state index in [0.29, 0.717) is 17.9 Å². The van der Waals surface area contributed by atoms with Crippen molar-refractivity contribution >= 4 is 11.8 Å². The minimum atomic E-state index is 0.390. The molecule has 0 aromatic carbocycles. The number of anilines is 2. The second kappa shape index (κ2) is 5.77. The lowest BCUT2D eigenvalue weighted by Gasteiger charge is -2.31. The average Bonchev–Trinajstić information content (AvgIpc) is 3.02. The molecule has 106 valence electrons. The number of aromatic nitrogens is 3. The van der Waals surface area contributed by atoms with Gasteiger partial charge in [-0.05, 0) is 12.8 Å². The van der Waals surface area contributed by atoms with Crippen LogP contribution in [0.3, 0.4) is 0 Å². The summed E-state index contributed by atoms with van der Waals surface area (Å²) in [5.41, 5.74) is 0. The molecule has 0 unspecified atom stereocenters. The molecule has 3 heterocycles. The van der Waals surface area contributed by atoms with E-state index in [9.17, 15) is 0 Å². The predicted octanol–water partition coefficient (Wildman–Crippen LogP) is 1.55. The van der Waals surface area contributed by atoms with Crippen LogP contribution < -0.4 is 15.0 Å². The molecule has 0 amide bonds. The molecule has 1 fully saturated rings. The number of oxazole rings is 1. The van der Waals surface area contributed by atoms with Gasteiger partial charge in [0.1, 0.15) is 18.4 Å². The van der Waals surface area contributed by atoms with Crippen molar-refractivity contribution in [3.8, 4) is 5.88 Å². The third kappa shape index (κ3) is 2.81. The number of piperidine rings is 1. The summed E-state index contributed by atoms with van der Waals surface area (Å²) in [5.74, 6) is 1.37. The van der Waals surface area contributed by atoms with Gasteiger partial charge in [0.05, 0.1) is 13.3 Å². The number of methoxy groups -OCH3 is 1. The van der Waals surface area contributed by atoms with Gasteiger partial charge < -0.3 is 19.4 Å². The zero-order chi connectivity index (χ0) is 13.8. The molecular weight excluding hydrogens is 258 g/mol. The zero-order valence-electron chi connectivity index (χ0n) is 11.3. The van der Waals surface area contributed by atoms with Gasteiger partial charge in [-0.25, -0.2) is 15.0 Å². The molecule has 7 heteroatoms. The summed E-state index contributed by atoms with van der Waals surface area (Å²) in [4.78, 5) is 14.5. The molecule has 0 radical (unpaired) electrons. The number of hydrogen-bond acceptors (Lipinski definition) is 7. The van der Waals surface area contributed by atoms with Crippen LogP contribution in [-0.4, -0.2) is 41.2 Å². The van der Waals surface area contributed by atoms with Crippen LogP contribution in [0, 0.1) is 0 Å². The summed E-state index contributed by atoms with van der Waals surface area (Å²) >= 11 is 0. The van der Waals surface area contributed by atoms with E-state index in [1.54, 1.807) is 25.6 Å². The Morgan fingerprint density at radius 1 is 1.30 bits per heavy atom. The highest BCUT2D eigenvalue weighted by molar-refractivity contribution is 5.39. The molecule has 2 aromatic heterocycles. The molecule has 20 heavy (non-hydrogen) atoms. The van der Waals surface area contributed by atoms with Crippen molar-refractivity contribution in [2.75, 3.05) is 30.4 Å². The van der Waals surface area contributed by atoms with Gasteiger partial charge in [-0.1, -0.05) is 0 Å². The monoisotopic (exact) mass is 275 g/mol. The average molecular weight is 275 g/mol. The van der Waals surface area contributed by atoms with Crippen LogP contribution in [0.5, 0.6) is 5.88 Å². The molecule has 7 nitrogen and oxygen atoms in total. The summed E-state index contributed by atoms with van der Waals surface area (Å²) in [6.45, 7) is 1.83. The Morgan fingerprint density at radius 2 is 2.15 bits per heavy atom. The van der Waals surface area contributed by atoms with E-state index in [2.05, 4.69) is 25.2 Å². The molecule has 1 aliphatic rings. The number of ether oxygens (including phenoxy) is 1. The van der Waals surface area contributed by atoms with Crippen molar-refractivity contribution in [2.45, 2.75) is 18.9 Å². The van der Waals surface area contributed by atoms with Crippen molar-refractivity contribution in [2.24, 2.45) is 0 Å². The Labute approximate surface area is 117 Å². The first-order chi connectivity index (χ1) is 9.85. The summed E-state index contributed by atoms with van der Waals surface area (Å²) in [6, 6.07) is 2.90. The summed E-state index contributed by atoms with van der Waals surface area (Å²) in [5, 5.41) is 3.41. The molecule has 0 atom stereocenters. The highest BCUT2D eigenvalue weighted by Crippen LogP contribution is 2.20. The Bertz CT molecular complexity index is 537. The number of rotatable bonds is 4. The molecule has 1 saturated heterocycles. The molecule has 1 N–H and O–H groups in total. The highest BCUT2D eigenvalue weighted by Gasteiger charge is 2.21. The maximum atomic E-state index is 5.31. The fourth-order valence-corrected chi connectivity index (χ4v) is 2.33. The fourth-order valence-electron chi connectivity index (χ4n) is 2.33. The van der Waals surface area contributed by atoms with E-state index in [1.165, 1.54) is 6.33 Å². The largest absolute Gasteiger partial charge is 0.481 e. The van der Waals surface area contributed by atoms with Crippen molar-refractivity contribution in [3.63, 3.8) is 0 Å². The minimum Gasteiger partial charge on any atom is -0.481 e. The van der Waals surface area contributed by atoms with Gasteiger partial charge in [0.25, 0.3) is 6.01 Å². The minimum absolute atomic E-state index is 0.390. The van der Waals surface area contributed by atoms with Gasteiger partial charge in [0, 0.05) is 25.2 Å². The lowest BCUT2D eigenvalue weighted by atomic mass is 10.1. The van der Waals surface area contributed by atoms with Crippen molar-refractivity contribution < 1.29 is 9.15 Å². The topological polar surface area (TPSA) is 76.3 Å². The molecular formula is C13H17N5O2. The predicted molar refractivity (Wildman–Crippen MR) is 73.9 cm³/mol. The van der Waals surface area contributed by atoms with Crippen LogP contribution in [0.15, 0.2) is 29.3 Å². The van der Waals surface area contributed by atoms with Crippen LogP contribution in [-0.2, 0) is 0 Å². The number of nitrogens with one attached hydrogen (secondary N) is 1.